The van der Waals surface area contributed by atoms with Crippen molar-refractivity contribution in [2.45, 2.75) is 45.7 Å². The van der Waals surface area contributed by atoms with E-state index in [1.165, 1.54) is 28.8 Å². The number of rotatable bonds is 4. The number of phenolic OH excluding ortho intramolecular Hbond substituents is 1. The van der Waals surface area contributed by atoms with Crippen LogP contribution in [0.15, 0.2) is 47.9 Å². The maximum absolute atomic E-state index is 15.4. The van der Waals surface area contributed by atoms with E-state index in [1.54, 1.807) is 11.1 Å². The summed E-state index contributed by atoms with van der Waals surface area (Å²) in [6, 6.07) is 5.33. The van der Waals surface area contributed by atoms with Gasteiger partial charge in [-0.05, 0) is 49.6 Å². The van der Waals surface area contributed by atoms with E-state index < -0.39 is 11.5 Å². The fourth-order valence-electron chi connectivity index (χ4n) is 6.44. The molecule has 6 rings (SSSR count). The van der Waals surface area contributed by atoms with Crippen molar-refractivity contribution < 1.29 is 14.3 Å². The zero-order valence-corrected chi connectivity index (χ0v) is 25.9. The fraction of sp³-hybridized carbons (Fsp3) is 0.344. The first-order valence-electron chi connectivity index (χ1n) is 14.4. The summed E-state index contributed by atoms with van der Waals surface area (Å²) in [4.78, 5) is 46.8. The molecule has 3 aromatic heterocycles. The maximum Gasteiger partial charge on any atom is 0.355 e. The number of pyridine rings is 2. The molecule has 0 bridgehead atoms. The SMILES string of the molecule is C=CC(=O)N1CC2CN(C)c3c(Cl)c(-c4c(O)cccc4F)nc4c3c(nc(=O)n4-c3c(C)ccnc3C(C)C)N2CC1C. The molecule has 2 aliphatic heterocycles. The molecule has 2 atom stereocenters. The van der Waals surface area contributed by atoms with Crippen LogP contribution in [0, 0.1) is 12.7 Å². The van der Waals surface area contributed by atoms with Crippen molar-refractivity contribution in [2.75, 3.05) is 36.5 Å². The van der Waals surface area contributed by atoms with Crippen LogP contribution >= 0.6 is 11.6 Å². The third-order valence-corrected chi connectivity index (χ3v) is 8.87. The third-order valence-electron chi connectivity index (χ3n) is 8.51. The van der Waals surface area contributed by atoms with Gasteiger partial charge in [-0.3, -0.25) is 9.78 Å². The van der Waals surface area contributed by atoms with E-state index in [0.717, 1.165) is 5.56 Å². The topological polar surface area (TPSA) is 108 Å². The van der Waals surface area contributed by atoms with Crippen LogP contribution in [0.25, 0.3) is 28.0 Å². The molecule has 0 radical (unpaired) electrons. The molecule has 2 aliphatic rings. The molecule has 1 N–H and O–H groups in total. The Morgan fingerprint density at radius 3 is 2.61 bits per heavy atom. The van der Waals surface area contributed by atoms with Crippen LogP contribution in [0.2, 0.25) is 5.02 Å². The zero-order valence-electron chi connectivity index (χ0n) is 25.2. The molecule has 2 unspecified atom stereocenters. The quantitative estimate of drug-likeness (QED) is 0.325. The lowest BCUT2D eigenvalue weighted by Crippen LogP contribution is -2.61. The van der Waals surface area contributed by atoms with Crippen LogP contribution in [0.5, 0.6) is 5.75 Å². The number of amides is 1. The van der Waals surface area contributed by atoms with Crippen molar-refractivity contribution in [3.63, 3.8) is 0 Å². The number of carbonyl (C=O) groups excluding carboxylic acids is 1. The van der Waals surface area contributed by atoms with Crippen LogP contribution in [-0.2, 0) is 4.79 Å². The highest BCUT2D eigenvalue weighted by molar-refractivity contribution is 6.38. The number of aromatic nitrogens is 4. The summed E-state index contributed by atoms with van der Waals surface area (Å²) in [6.45, 7) is 12.6. The number of anilines is 2. The number of nitrogens with zero attached hydrogens (tertiary/aromatic N) is 7. The third kappa shape index (κ3) is 4.49. The Balaban J connectivity index is 1.75. The number of likely N-dealkylation sites (N-methyl/N-ethyl adjacent to an activating group) is 1. The molecular weight excluding hydrogens is 585 g/mol. The van der Waals surface area contributed by atoms with E-state index in [1.807, 2.05) is 50.6 Å². The van der Waals surface area contributed by atoms with Crippen LogP contribution in [-0.4, -0.2) is 74.2 Å². The highest BCUT2D eigenvalue weighted by Crippen LogP contribution is 2.47. The predicted molar refractivity (Wildman–Crippen MR) is 170 cm³/mol. The molecule has 44 heavy (non-hydrogen) atoms. The van der Waals surface area contributed by atoms with Gasteiger partial charge in [-0.2, -0.15) is 4.98 Å². The highest BCUT2D eigenvalue weighted by Gasteiger charge is 2.40. The largest absolute Gasteiger partial charge is 0.507 e. The number of carbonyl (C=O) groups is 1. The number of hydrogen-bond acceptors (Lipinski definition) is 8. The molecule has 1 amide bonds. The Bertz CT molecular complexity index is 1890. The molecule has 0 spiro atoms. The van der Waals surface area contributed by atoms with Gasteiger partial charge in [0.15, 0.2) is 5.65 Å². The second kappa shape index (κ2) is 10.9. The molecule has 10 nitrogen and oxygen atoms in total. The molecule has 228 valence electrons. The normalized spacial score (nSPS) is 18.0. The summed E-state index contributed by atoms with van der Waals surface area (Å²) in [5.41, 5.74) is 1.91. The summed E-state index contributed by atoms with van der Waals surface area (Å²) in [6.07, 6.45) is 3.00. The molecule has 1 aromatic carbocycles. The van der Waals surface area contributed by atoms with Gasteiger partial charge in [-0.15, -0.1) is 0 Å². The van der Waals surface area contributed by atoms with E-state index in [4.69, 9.17) is 16.6 Å². The van der Waals surface area contributed by atoms with Crippen LogP contribution < -0.4 is 15.5 Å². The summed E-state index contributed by atoms with van der Waals surface area (Å²) in [5.74, 6) is -0.895. The smallest absolute Gasteiger partial charge is 0.355 e. The van der Waals surface area contributed by atoms with Crippen molar-refractivity contribution in [1.82, 2.24) is 24.4 Å². The predicted octanol–water partition coefficient (Wildman–Crippen LogP) is 4.81. The first-order chi connectivity index (χ1) is 20.9. The number of aryl methyl sites for hydroxylation is 1. The van der Waals surface area contributed by atoms with Crippen molar-refractivity contribution in [3.05, 3.63) is 75.7 Å². The molecule has 1 fully saturated rings. The van der Waals surface area contributed by atoms with Crippen molar-refractivity contribution in [1.29, 1.82) is 0 Å². The van der Waals surface area contributed by atoms with Gasteiger partial charge in [0.05, 0.1) is 39.1 Å². The average Bonchev–Trinajstić information content (AvgIpc) is 3.08. The highest BCUT2D eigenvalue weighted by atomic mass is 35.5. The molecule has 0 saturated carbocycles. The van der Waals surface area contributed by atoms with Gasteiger partial charge in [0.1, 0.15) is 23.1 Å². The average molecular weight is 618 g/mol. The van der Waals surface area contributed by atoms with Crippen molar-refractivity contribution >= 4 is 40.0 Å². The first kappa shape index (κ1) is 29.6. The van der Waals surface area contributed by atoms with Crippen LogP contribution in [0.1, 0.15) is 37.9 Å². The molecular formula is C32H33ClFN7O3. The summed E-state index contributed by atoms with van der Waals surface area (Å²) in [7, 11) is 1.85. The number of piperazine rings is 1. The standard InChI is InChI=1S/C32H33ClFN7O3/c1-7-22(43)39-15-19-14-38(6)29-24-30(40(19)13-18(39)5)37-32(44)41(28-17(4)11-12-35-26(28)16(2)3)31(24)36-27(25(29)33)23-20(34)9-8-10-21(23)42/h7-12,16,18-19,42H,1,13-15H2,2-6H3. The number of halogens is 2. The minimum Gasteiger partial charge on any atom is -0.507 e. The number of aromatic hydroxyl groups is 1. The molecule has 12 heteroatoms. The van der Waals surface area contributed by atoms with Crippen molar-refractivity contribution in [2.24, 2.45) is 0 Å². The Hall–Kier alpha value is -4.51. The van der Waals surface area contributed by atoms with Gasteiger partial charge in [-0.1, -0.05) is 38.1 Å². The van der Waals surface area contributed by atoms with E-state index >= 15 is 4.39 Å². The number of hydrogen-bond donors (Lipinski definition) is 1. The summed E-state index contributed by atoms with van der Waals surface area (Å²) >= 11 is 7.11. The summed E-state index contributed by atoms with van der Waals surface area (Å²) < 4.78 is 16.8. The lowest BCUT2D eigenvalue weighted by Gasteiger charge is -2.45. The second-order valence-electron chi connectivity index (χ2n) is 11.8. The number of phenols is 1. The van der Waals surface area contributed by atoms with Gasteiger partial charge < -0.3 is 19.8 Å². The summed E-state index contributed by atoms with van der Waals surface area (Å²) in [5, 5.41) is 11.4. The van der Waals surface area contributed by atoms with E-state index in [-0.39, 0.29) is 51.6 Å². The van der Waals surface area contributed by atoms with Crippen LogP contribution in [0.4, 0.5) is 15.9 Å². The van der Waals surface area contributed by atoms with E-state index in [0.29, 0.717) is 47.9 Å². The Morgan fingerprint density at radius 2 is 1.93 bits per heavy atom. The number of benzene rings is 1. The maximum atomic E-state index is 15.4. The van der Waals surface area contributed by atoms with Crippen LogP contribution in [0.3, 0.4) is 0 Å². The van der Waals surface area contributed by atoms with Gasteiger partial charge >= 0.3 is 5.69 Å². The van der Waals surface area contributed by atoms with Crippen molar-refractivity contribution in [3.8, 4) is 22.7 Å². The molecule has 1 saturated heterocycles. The Morgan fingerprint density at radius 1 is 1.18 bits per heavy atom. The minimum absolute atomic E-state index is 0.00809. The van der Waals surface area contributed by atoms with E-state index in [9.17, 15) is 14.7 Å². The van der Waals surface area contributed by atoms with Gasteiger partial charge in [0, 0.05) is 38.9 Å². The lowest BCUT2D eigenvalue weighted by atomic mass is 10.0. The monoisotopic (exact) mass is 617 g/mol. The van der Waals surface area contributed by atoms with Gasteiger partial charge in [-0.25, -0.2) is 18.7 Å². The zero-order chi connectivity index (χ0) is 31.6. The first-order valence-corrected chi connectivity index (χ1v) is 14.8. The minimum atomic E-state index is -0.712. The molecule has 0 aliphatic carbocycles. The van der Waals surface area contributed by atoms with Gasteiger partial charge in [0.25, 0.3) is 0 Å². The Kier molecular flexibility index (Phi) is 7.31. The fourth-order valence-corrected chi connectivity index (χ4v) is 6.82. The Labute approximate surface area is 259 Å². The second-order valence-corrected chi connectivity index (χ2v) is 12.1. The molecule has 4 aromatic rings. The number of fused-ring (bicyclic) bond motifs is 2. The lowest BCUT2D eigenvalue weighted by molar-refractivity contribution is -0.128. The van der Waals surface area contributed by atoms with Gasteiger partial charge in [0.2, 0.25) is 5.91 Å². The molecule has 5 heterocycles. The van der Waals surface area contributed by atoms with E-state index in [2.05, 4.69) is 16.5 Å².